The highest BCUT2D eigenvalue weighted by Crippen LogP contribution is 2.12. The number of amides is 2. The molecule has 9 heteroatoms. The SMILES string of the molecule is CNC(=O)CN1CCC(NC(=O)c2ccc(-n3cnnn3)cc2)CC1. The number of piperidine rings is 1. The smallest absolute Gasteiger partial charge is 0.251 e. The van der Waals surface area contributed by atoms with E-state index in [0.29, 0.717) is 12.1 Å². The second-order valence-corrected chi connectivity index (χ2v) is 6.00. The summed E-state index contributed by atoms with van der Waals surface area (Å²) in [5.74, 6) is -0.0711. The number of nitrogens with zero attached hydrogens (tertiary/aromatic N) is 5. The molecule has 1 aromatic carbocycles. The molecule has 0 unspecified atom stereocenters. The molecule has 0 aliphatic carbocycles. The van der Waals surface area contributed by atoms with Gasteiger partial charge < -0.3 is 10.6 Å². The zero-order valence-corrected chi connectivity index (χ0v) is 14.1. The maximum absolute atomic E-state index is 12.4. The average Bonchev–Trinajstić information content (AvgIpc) is 3.18. The van der Waals surface area contributed by atoms with E-state index in [4.69, 9.17) is 0 Å². The van der Waals surface area contributed by atoms with Gasteiger partial charge in [-0.15, -0.1) is 5.10 Å². The number of hydrogen-bond donors (Lipinski definition) is 2. The molecule has 1 aliphatic heterocycles. The molecule has 132 valence electrons. The maximum Gasteiger partial charge on any atom is 0.251 e. The van der Waals surface area contributed by atoms with Crippen LogP contribution < -0.4 is 10.6 Å². The van der Waals surface area contributed by atoms with Gasteiger partial charge in [-0.25, -0.2) is 4.68 Å². The molecular formula is C16H21N7O2. The zero-order valence-electron chi connectivity index (χ0n) is 14.1. The summed E-state index contributed by atoms with van der Waals surface area (Å²) in [4.78, 5) is 25.9. The number of carbonyl (C=O) groups excluding carboxylic acids is 2. The summed E-state index contributed by atoms with van der Waals surface area (Å²) in [6.07, 6.45) is 3.18. The molecule has 2 N–H and O–H groups in total. The lowest BCUT2D eigenvalue weighted by Gasteiger charge is -2.31. The maximum atomic E-state index is 12.4. The summed E-state index contributed by atoms with van der Waals surface area (Å²) in [6.45, 7) is 2.02. The van der Waals surface area contributed by atoms with E-state index in [-0.39, 0.29) is 17.9 Å². The van der Waals surface area contributed by atoms with Crippen LogP contribution in [0.5, 0.6) is 0 Å². The molecule has 0 atom stereocenters. The van der Waals surface area contributed by atoms with Crippen molar-refractivity contribution < 1.29 is 9.59 Å². The minimum atomic E-state index is -0.0898. The number of tetrazole rings is 1. The van der Waals surface area contributed by atoms with Crippen LogP contribution in [0.25, 0.3) is 5.69 Å². The third kappa shape index (κ3) is 4.38. The minimum absolute atomic E-state index is 0.0187. The van der Waals surface area contributed by atoms with E-state index in [1.54, 1.807) is 31.3 Å². The van der Waals surface area contributed by atoms with Crippen molar-refractivity contribution in [3.63, 3.8) is 0 Å². The van der Waals surface area contributed by atoms with Crippen molar-refractivity contribution in [1.82, 2.24) is 35.7 Å². The first-order valence-electron chi connectivity index (χ1n) is 8.23. The molecule has 1 fully saturated rings. The lowest BCUT2D eigenvalue weighted by Crippen LogP contribution is -2.47. The Labute approximate surface area is 145 Å². The summed E-state index contributed by atoms with van der Waals surface area (Å²) in [5, 5.41) is 16.7. The Hall–Kier alpha value is -2.81. The highest BCUT2D eigenvalue weighted by molar-refractivity contribution is 5.94. The van der Waals surface area contributed by atoms with Gasteiger partial charge in [0.05, 0.1) is 12.2 Å². The van der Waals surface area contributed by atoms with Crippen LogP contribution in [0.2, 0.25) is 0 Å². The quantitative estimate of drug-likeness (QED) is 0.766. The Morgan fingerprint density at radius 2 is 1.92 bits per heavy atom. The molecule has 25 heavy (non-hydrogen) atoms. The standard InChI is InChI=1S/C16H21N7O2/c1-17-15(24)10-22-8-6-13(7-9-22)19-16(25)12-2-4-14(5-3-12)23-11-18-20-21-23/h2-5,11,13H,6-10H2,1H3,(H,17,24)(H,19,25). The highest BCUT2D eigenvalue weighted by atomic mass is 16.2. The molecule has 1 saturated heterocycles. The number of aromatic nitrogens is 4. The molecule has 1 aliphatic rings. The number of rotatable bonds is 5. The Kier molecular flexibility index (Phi) is 5.34. The van der Waals surface area contributed by atoms with Gasteiger partial charge in [0.1, 0.15) is 6.33 Å². The van der Waals surface area contributed by atoms with Crippen molar-refractivity contribution in [2.75, 3.05) is 26.7 Å². The minimum Gasteiger partial charge on any atom is -0.358 e. The van der Waals surface area contributed by atoms with Gasteiger partial charge in [0.2, 0.25) is 5.91 Å². The van der Waals surface area contributed by atoms with E-state index < -0.39 is 0 Å². The zero-order chi connectivity index (χ0) is 17.6. The third-order valence-corrected chi connectivity index (χ3v) is 4.31. The normalized spacial score (nSPS) is 15.7. The molecule has 0 radical (unpaired) electrons. The number of nitrogens with one attached hydrogen (secondary N) is 2. The summed E-state index contributed by atoms with van der Waals surface area (Å²) < 4.78 is 1.53. The van der Waals surface area contributed by atoms with Crippen LogP contribution in [-0.4, -0.2) is 69.6 Å². The Balaban J connectivity index is 1.50. The van der Waals surface area contributed by atoms with Crippen LogP contribution in [-0.2, 0) is 4.79 Å². The Morgan fingerprint density at radius 3 is 2.52 bits per heavy atom. The van der Waals surface area contributed by atoms with Gasteiger partial charge in [-0.3, -0.25) is 14.5 Å². The van der Waals surface area contributed by atoms with Crippen molar-refractivity contribution in [2.24, 2.45) is 0 Å². The number of likely N-dealkylation sites (tertiary alicyclic amines) is 1. The van der Waals surface area contributed by atoms with Crippen LogP contribution in [0.3, 0.4) is 0 Å². The van der Waals surface area contributed by atoms with Gasteiger partial charge in [0, 0.05) is 31.7 Å². The van der Waals surface area contributed by atoms with Crippen LogP contribution in [0.4, 0.5) is 0 Å². The summed E-state index contributed by atoms with van der Waals surface area (Å²) in [5.41, 5.74) is 1.40. The van der Waals surface area contributed by atoms with Crippen molar-refractivity contribution in [2.45, 2.75) is 18.9 Å². The van der Waals surface area contributed by atoms with Crippen molar-refractivity contribution in [3.8, 4) is 5.69 Å². The van der Waals surface area contributed by atoms with Crippen LogP contribution in [0.1, 0.15) is 23.2 Å². The van der Waals surface area contributed by atoms with Gasteiger partial charge in [-0.05, 0) is 47.5 Å². The fourth-order valence-corrected chi connectivity index (χ4v) is 2.83. The number of likely N-dealkylation sites (N-methyl/N-ethyl adjacent to an activating group) is 1. The van der Waals surface area contributed by atoms with Crippen molar-refractivity contribution in [1.29, 1.82) is 0 Å². The van der Waals surface area contributed by atoms with Gasteiger partial charge in [0.25, 0.3) is 5.91 Å². The molecule has 2 heterocycles. The number of carbonyl (C=O) groups is 2. The monoisotopic (exact) mass is 343 g/mol. The fraction of sp³-hybridized carbons (Fsp3) is 0.438. The Bertz CT molecular complexity index is 707. The number of benzene rings is 1. The fourth-order valence-electron chi connectivity index (χ4n) is 2.83. The Morgan fingerprint density at radius 1 is 1.20 bits per heavy atom. The molecule has 1 aromatic heterocycles. The molecule has 0 saturated carbocycles. The summed E-state index contributed by atoms with van der Waals surface area (Å²) in [7, 11) is 1.64. The van der Waals surface area contributed by atoms with E-state index in [2.05, 4.69) is 31.1 Å². The molecular weight excluding hydrogens is 322 g/mol. The topological polar surface area (TPSA) is 105 Å². The molecule has 2 aromatic rings. The van der Waals surface area contributed by atoms with E-state index in [1.165, 1.54) is 11.0 Å². The lowest BCUT2D eigenvalue weighted by atomic mass is 10.0. The van der Waals surface area contributed by atoms with E-state index in [0.717, 1.165) is 31.6 Å². The molecule has 2 amide bonds. The van der Waals surface area contributed by atoms with Gasteiger partial charge >= 0.3 is 0 Å². The van der Waals surface area contributed by atoms with Crippen LogP contribution >= 0.6 is 0 Å². The van der Waals surface area contributed by atoms with Crippen molar-refractivity contribution >= 4 is 11.8 Å². The average molecular weight is 343 g/mol. The van der Waals surface area contributed by atoms with Crippen molar-refractivity contribution in [3.05, 3.63) is 36.2 Å². The predicted molar refractivity (Wildman–Crippen MR) is 90.1 cm³/mol. The van der Waals surface area contributed by atoms with Crippen LogP contribution in [0.15, 0.2) is 30.6 Å². The third-order valence-electron chi connectivity index (χ3n) is 4.31. The van der Waals surface area contributed by atoms with Crippen LogP contribution in [0, 0.1) is 0 Å². The van der Waals surface area contributed by atoms with Gasteiger partial charge in [0.15, 0.2) is 0 Å². The summed E-state index contributed by atoms with van der Waals surface area (Å²) in [6, 6.07) is 7.25. The highest BCUT2D eigenvalue weighted by Gasteiger charge is 2.22. The van der Waals surface area contributed by atoms with E-state index >= 15 is 0 Å². The van der Waals surface area contributed by atoms with Gasteiger partial charge in [-0.1, -0.05) is 0 Å². The molecule has 3 rings (SSSR count). The molecule has 9 nitrogen and oxygen atoms in total. The molecule has 0 spiro atoms. The largest absolute Gasteiger partial charge is 0.358 e. The molecule has 0 bridgehead atoms. The first-order valence-corrected chi connectivity index (χ1v) is 8.23. The first-order chi connectivity index (χ1) is 12.2. The van der Waals surface area contributed by atoms with E-state index in [1.807, 2.05) is 0 Å². The number of hydrogen-bond acceptors (Lipinski definition) is 6. The van der Waals surface area contributed by atoms with Gasteiger partial charge in [-0.2, -0.15) is 0 Å². The summed E-state index contributed by atoms with van der Waals surface area (Å²) >= 11 is 0. The lowest BCUT2D eigenvalue weighted by molar-refractivity contribution is -0.122. The second-order valence-electron chi connectivity index (χ2n) is 6.00. The predicted octanol–water partition coefficient (Wildman–Crippen LogP) is -0.397. The second kappa shape index (κ2) is 7.84. The first kappa shape index (κ1) is 17.0. The van der Waals surface area contributed by atoms with E-state index in [9.17, 15) is 9.59 Å².